The van der Waals surface area contributed by atoms with Crippen LogP contribution in [0.4, 0.5) is 17.1 Å². The minimum absolute atomic E-state index is 0.190. The number of hydrogen-bond donors (Lipinski definition) is 2. The Labute approximate surface area is 131 Å². The molecule has 4 nitrogen and oxygen atoms in total. The molecule has 0 spiro atoms. The summed E-state index contributed by atoms with van der Waals surface area (Å²) in [5.74, 6) is 0. The molecule has 0 saturated carbocycles. The van der Waals surface area contributed by atoms with Gasteiger partial charge < -0.3 is 11.1 Å². The Morgan fingerprint density at radius 2 is 1.80 bits per heavy atom. The third-order valence-electron chi connectivity index (χ3n) is 2.65. The van der Waals surface area contributed by atoms with Crippen molar-refractivity contribution in [2.45, 2.75) is 4.90 Å². The lowest BCUT2D eigenvalue weighted by atomic mass is 10.2. The highest BCUT2D eigenvalue weighted by atomic mass is 79.9. The molecule has 0 bridgehead atoms. The predicted molar refractivity (Wildman–Crippen MR) is 86.4 cm³/mol. The smallest absolute Gasteiger partial charge is 0.175 e. The first-order valence-electron chi connectivity index (χ1n) is 5.59. The molecule has 0 atom stereocenters. The van der Waals surface area contributed by atoms with Crippen LogP contribution in [-0.2, 0) is 9.84 Å². The van der Waals surface area contributed by atoms with Crippen LogP contribution in [0.25, 0.3) is 0 Å². The van der Waals surface area contributed by atoms with Gasteiger partial charge in [-0.15, -0.1) is 0 Å². The van der Waals surface area contributed by atoms with E-state index in [2.05, 4.69) is 21.2 Å². The van der Waals surface area contributed by atoms with Crippen molar-refractivity contribution < 1.29 is 8.42 Å². The number of nitrogens with two attached hydrogens (primary N) is 1. The van der Waals surface area contributed by atoms with Crippen LogP contribution in [0, 0.1) is 0 Å². The van der Waals surface area contributed by atoms with Crippen LogP contribution in [0.15, 0.2) is 45.8 Å². The monoisotopic (exact) mass is 374 g/mol. The molecule has 0 heterocycles. The van der Waals surface area contributed by atoms with E-state index in [1.807, 2.05) is 0 Å². The molecular formula is C13H12BrClN2O2S. The summed E-state index contributed by atoms with van der Waals surface area (Å²) >= 11 is 9.26. The maximum atomic E-state index is 11.4. The van der Waals surface area contributed by atoms with Crippen LogP contribution in [-0.4, -0.2) is 14.7 Å². The first kappa shape index (κ1) is 15.2. The van der Waals surface area contributed by atoms with Gasteiger partial charge in [0.15, 0.2) is 9.84 Å². The Bertz CT molecular complexity index is 763. The molecule has 0 aliphatic heterocycles. The molecule has 3 N–H and O–H groups in total. The van der Waals surface area contributed by atoms with Gasteiger partial charge in [0.25, 0.3) is 0 Å². The fraction of sp³-hybridized carbons (Fsp3) is 0.0769. The normalized spacial score (nSPS) is 11.3. The van der Waals surface area contributed by atoms with E-state index in [0.717, 1.165) is 16.4 Å². The Kier molecular flexibility index (Phi) is 4.27. The summed E-state index contributed by atoms with van der Waals surface area (Å²) in [7, 11) is -3.26. The lowest BCUT2D eigenvalue weighted by Gasteiger charge is -2.12. The molecule has 20 heavy (non-hydrogen) atoms. The molecule has 2 rings (SSSR count). The van der Waals surface area contributed by atoms with Gasteiger partial charge in [0, 0.05) is 15.8 Å². The molecule has 0 aliphatic rings. The number of sulfone groups is 1. The summed E-state index contributed by atoms with van der Waals surface area (Å²) in [6.07, 6.45) is 1.14. The van der Waals surface area contributed by atoms with Crippen molar-refractivity contribution in [3.05, 3.63) is 45.9 Å². The Hall–Kier alpha value is -1.24. The van der Waals surface area contributed by atoms with Crippen molar-refractivity contribution in [3.63, 3.8) is 0 Å². The third-order valence-corrected chi connectivity index (χ3v) is 4.65. The largest absolute Gasteiger partial charge is 0.397 e. The molecular weight excluding hydrogens is 364 g/mol. The summed E-state index contributed by atoms with van der Waals surface area (Å²) in [6.45, 7) is 0. The van der Waals surface area contributed by atoms with Crippen LogP contribution in [0.1, 0.15) is 0 Å². The van der Waals surface area contributed by atoms with Gasteiger partial charge in [-0.3, -0.25) is 0 Å². The van der Waals surface area contributed by atoms with Crippen LogP contribution in [0.3, 0.4) is 0 Å². The lowest BCUT2D eigenvalue weighted by molar-refractivity contribution is 0.602. The first-order chi connectivity index (χ1) is 9.27. The zero-order valence-electron chi connectivity index (χ0n) is 10.5. The van der Waals surface area contributed by atoms with E-state index in [9.17, 15) is 8.42 Å². The van der Waals surface area contributed by atoms with E-state index in [1.165, 1.54) is 12.1 Å². The summed E-state index contributed by atoms with van der Waals surface area (Å²) < 4.78 is 23.7. The number of rotatable bonds is 3. The van der Waals surface area contributed by atoms with E-state index in [0.29, 0.717) is 16.4 Å². The third kappa shape index (κ3) is 3.45. The van der Waals surface area contributed by atoms with Gasteiger partial charge >= 0.3 is 0 Å². The maximum Gasteiger partial charge on any atom is 0.175 e. The van der Waals surface area contributed by atoms with Gasteiger partial charge in [-0.2, -0.15) is 0 Å². The molecule has 0 aliphatic carbocycles. The van der Waals surface area contributed by atoms with E-state index in [-0.39, 0.29) is 4.90 Å². The zero-order chi connectivity index (χ0) is 14.9. The van der Waals surface area contributed by atoms with Crippen molar-refractivity contribution in [1.82, 2.24) is 0 Å². The number of benzene rings is 2. The van der Waals surface area contributed by atoms with Crippen LogP contribution in [0.5, 0.6) is 0 Å². The maximum absolute atomic E-state index is 11.4. The number of nitrogens with one attached hydrogen (secondary N) is 1. The van der Waals surface area contributed by atoms with Crippen molar-refractivity contribution in [3.8, 4) is 0 Å². The molecule has 7 heteroatoms. The molecule has 0 aromatic heterocycles. The number of nitrogen functional groups attached to an aromatic ring is 1. The lowest BCUT2D eigenvalue weighted by Crippen LogP contribution is -2.01. The van der Waals surface area contributed by atoms with E-state index in [4.69, 9.17) is 17.3 Å². The Balaban J connectivity index is 2.35. The standard InChI is InChI=1S/C13H12BrClN2O2S/c1-20(18,19)9-3-5-13(11(16)7-9)17-12-4-2-8(15)6-10(12)14/h2-7,17H,16H2,1H3. The molecule has 0 saturated heterocycles. The zero-order valence-corrected chi connectivity index (χ0v) is 13.7. The molecule has 0 amide bonds. The summed E-state index contributed by atoms with van der Waals surface area (Å²) in [4.78, 5) is 0.190. The summed E-state index contributed by atoms with van der Waals surface area (Å²) in [6, 6.07) is 9.88. The topological polar surface area (TPSA) is 72.2 Å². The second-order valence-electron chi connectivity index (χ2n) is 4.27. The average molecular weight is 376 g/mol. The van der Waals surface area contributed by atoms with E-state index >= 15 is 0 Å². The highest BCUT2D eigenvalue weighted by Gasteiger charge is 2.10. The minimum atomic E-state index is -3.26. The van der Waals surface area contributed by atoms with Gasteiger partial charge in [-0.25, -0.2) is 8.42 Å². The average Bonchev–Trinajstić information content (AvgIpc) is 2.33. The molecule has 2 aromatic rings. The highest BCUT2D eigenvalue weighted by Crippen LogP contribution is 2.31. The number of anilines is 3. The molecule has 2 aromatic carbocycles. The molecule has 0 fully saturated rings. The minimum Gasteiger partial charge on any atom is -0.397 e. The Morgan fingerprint density at radius 1 is 1.15 bits per heavy atom. The fourth-order valence-corrected chi connectivity index (χ4v) is 3.06. The number of halogens is 2. The van der Waals surface area contributed by atoms with E-state index < -0.39 is 9.84 Å². The van der Waals surface area contributed by atoms with E-state index in [1.54, 1.807) is 24.3 Å². The summed E-state index contributed by atoms with van der Waals surface area (Å²) in [5, 5.41) is 3.73. The quantitative estimate of drug-likeness (QED) is 0.800. The second kappa shape index (κ2) is 5.63. The van der Waals surface area contributed by atoms with Gasteiger partial charge in [-0.1, -0.05) is 11.6 Å². The van der Waals surface area contributed by atoms with Gasteiger partial charge in [0.1, 0.15) is 0 Å². The van der Waals surface area contributed by atoms with Crippen LogP contribution in [0.2, 0.25) is 5.02 Å². The molecule has 0 unspecified atom stereocenters. The van der Waals surface area contributed by atoms with Crippen LogP contribution >= 0.6 is 27.5 Å². The van der Waals surface area contributed by atoms with Gasteiger partial charge in [-0.05, 0) is 52.3 Å². The molecule has 0 radical (unpaired) electrons. The van der Waals surface area contributed by atoms with Gasteiger partial charge in [0.2, 0.25) is 0 Å². The van der Waals surface area contributed by atoms with Crippen molar-refractivity contribution in [2.75, 3.05) is 17.3 Å². The van der Waals surface area contributed by atoms with Crippen molar-refractivity contribution in [1.29, 1.82) is 0 Å². The van der Waals surface area contributed by atoms with Crippen molar-refractivity contribution in [2.24, 2.45) is 0 Å². The van der Waals surface area contributed by atoms with Crippen LogP contribution < -0.4 is 11.1 Å². The first-order valence-corrected chi connectivity index (χ1v) is 8.65. The number of hydrogen-bond acceptors (Lipinski definition) is 4. The molecule has 106 valence electrons. The summed E-state index contributed by atoms with van der Waals surface area (Å²) in [5.41, 5.74) is 7.64. The predicted octanol–water partition coefficient (Wildman–Crippen LogP) is 3.83. The van der Waals surface area contributed by atoms with Crippen molar-refractivity contribution >= 4 is 54.4 Å². The Morgan fingerprint density at radius 3 is 2.35 bits per heavy atom. The van der Waals surface area contributed by atoms with Gasteiger partial charge in [0.05, 0.1) is 22.0 Å². The fourth-order valence-electron chi connectivity index (χ4n) is 1.62. The SMILES string of the molecule is CS(=O)(=O)c1ccc(Nc2ccc(Cl)cc2Br)c(N)c1. The second-order valence-corrected chi connectivity index (χ2v) is 7.58. The highest BCUT2D eigenvalue weighted by molar-refractivity contribution is 9.10.